The van der Waals surface area contributed by atoms with E-state index in [0.29, 0.717) is 21.4 Å². The fraction of sp³-hybridized carbons (Fsp3) is 0.150. The quantitative estimate of drug-likeness (QED) is 0.656. The van der Waals surface area contributed by atoms with Crippen molar-refractivity contribution in [1.29, 1.82) is 0 Å². The van der Waals surface area contributed by atoms with Gasteiger partial charge in [0.05, 0.1) is 6.61 Å². The highest BCUT2D eigenvalue weighted by molar-refractivity contribution is 7.20. The van der Waals surface area contributed by atoms with Crippen molar-refractivity contribution in [3.8, 4) is 11.3 Å². The van der Waals surface area contributed by atoms with E-state index < -0.39 is 6.09 Å². The highest BCUT2D eigenvalue weighted by Crippen LogP contribution is 2.36. The number of anilines is 2. The molecule has 0 aliphatic rings. The third-order valence-electron chi connectivity index (χ3n) is 3.78. The zero-order valence-corrected chi connectivity index (χ0v) is 15.8. The molecule has 0 saturated heterocycles. The molecule has 0 atom stereocenters. The summed E-state index contributed by atoms with van der Waals surface area (Å²) in [6.07, 6.45) is -0.581. The van der Waals surface area contributed by atoms with Crippen LogP contribution in [0.2, 0.25) is 0 Å². The van der Waals surface area contributed by atoms with Crippen LogP contribution < -0.4 is 10.6 Å². The van der Waals surface area contributed by atoms with Gasteiger partial charge in [0.15, 0.2) is 5.13 Å². The molecular weight excluding hydrogens is 362 g/mol. The van der Waals surface area contributed by atoms with Gasteiger partial charge in [-0.1, -0.05) is 59.9 Å². The van der Waals surface area contributed by atoms with E-state index in [-0.39, 0.29) is 12.5 Å². The van der Waals surface area contributed by atoms with E-state index in [0.717, 1.165) is 11.1 Å². The monoisotopic (exact) mass is 381 g/mol. The van der Waals surface area contributed by atoms with Crippen LogP contribution in [0.4, 0.5) is 14.9 Å². The Hall–Kier alpha value is -3.19. The van der Waals surface area contributed by atoms with E-state index in [9.17, 15) is 9.59 Å². The summed E-state index contributed by atoms with van der Waals surface area (Å²) in [5.41, 5.74) is 2.90. The summed E-state index contributed by atoms with van der Waals surface area (Å²) in [6, 6.07) is 16.8. The lowest BCUT2D eigenvalue weighted by Gasteiger charge is -2.07. The first-order valence-corrected chi connectivity index (χ1v) is 9.27. The zero-order valence-electron chi connectivity index (χ0n) is 15.0. The van der Waals surface area contributed by atoms with Gasteiger partial charge in [0, 0.05) is 11.1 Å². The van der Waals surface area contributed by atoms with Crippen molar-refractivity contribution in [2.24, 2.45) is 0 Å². The summed E-state index contributed by atoms with van der Waals surface area (Å²) >= 11 is 1.18. The van der Waals surface area contributed by atoms with Gasteiger partial charge in [-0.25, -0.2) is 9.78 Å². The summed E-state index contributed by atoms with van der Waals surface area (Å²) in [5.74, 6) is -0.225. The molecule has 3 rings (SSSR count). The van der Waals surface area contributed by atoms with Gasteiger partial charge in [0.2, 0.25) is 0 Å². The van der Waals surface area contributed by atoms with Crippen LogP contribution in [0.3, 0.4) is 0 Å². The Morgan fingerprint density at radius 1 is 1.04 bits per heavy atom. The minimum atomic E-state index is -0.581. The van der Waals surface area contributed by atoms with Gasteiger partial charge in [-0.15, -0.1) is 0 Å². The first-order chi connectivity index (χ1) is 13.1. The molecule has 0 saturated carbocycles. The predicted molar refractivity (Wildman–Crippen MR) is 107 cm³/mol. The molecule has 0 aliphatic heterocycles. The van der Waals surface area contributed by atoms with E-state index in [4.69, 9.17) is 4.74 Å². The number of rotatable bonds is 5. The minimum absolute atomic E-state index is 0.225. The molecule has 27 heavy (non-hydrogen) atoms. The Bertz CT molecular complexity index is 954. The maximum absolute atomic E-state index is 12.7. The number of nitrogens with zero attached hydrogens (tertiary/aromatic N) is 1. The fourth-order valence-corrected chi connectivity index (χ4v) is 3.37. The van der Waals surface area contributed by atoms with Crippen LogP contribution in [-0.4, -0.2) is 23.6 Å². The molecule has 3 aromatic rings. The molecule has 1 heterocycles. The second-order valence-electron chi connectivity index (χ2n) is 5.68. The van der Waals surface area contributed by atoms with Crippen molar-refractivity contribution in [3.63, 3.8) is 0 Å². The third-order valence-corrected chi connectivity index (χ3v) is 4.66. The van der Waals surface area contributed by atoms with Gasteiger partial charge in [0.25, 0.3) is 5.91 Å². The summed E-state index contributed by atoms with van der Waals surface area (Å²) < 4.78 is 4.90. The fourth-order valence-electron chi connectivity index (χ4n) is 2.50. The number of carbonyl (C=O) groups excluding carboxylic acids is 2. The maximum atomic E-state index is 12.7. The van der Waals surface area contributed by atoms with E-state index in [1.54, 1.807) is 13.0 Å². The van der Waals surface area contributed by atoms with Crippen molar-refractivity contribution in [1.82, 2.24) is 4.98 Å². The van der Waals surface area contributed by atoms with Crippen LogP contribution in [0.15, 0.2) is 54.6 Å². The number of hydrogen-bond acceptors (Lipinski definition) is 5. The second-order valence-corrected chi connectivity index (χ2v) is 6.68. The highest BCUT2D eigenvalue weighted by atomic mass is 32.1. The van der Waals surface area contributed by atoms with Crippen LogP contribution >= 0.6 is 11.3 Å². The van der Waals surface area contributed by atoms with Crippen LogP contribution in [0, 0.1) is 6.92 Å². The first kappa shape index (κ1) is 18.6. The molecule has 6 nitrogen and oxygen atoms in total. The predicted octanol–water partition coefficient (Wildman–Crippen LogP) is 4.94. The van der Waals surface area contributed by atoms with Gasteiger partial charge < -0.3 is 10.1 Å². The lowest BCUT2D eigenvalue weighted by atomic mass is 10.1. The number of nitrogens with one attached hydrogen (secondary N) is 2. The van der Waals surface area contributed by atoms with Crippen LogP contribution in [0.1, 0.15) is 22.8 Å². The maximum Gasteiger partial charge on any atom is 0.413 e. The van der Waals surface area contributed by atoms with Crippen molar-refractivity contribution in [3.05, 3.63) is 65.7 Å². The van der Waals surface area contributed by atoms with E-state index in [1.165, 1.54) is 11.3 Å². The Kier molecular flexibility index (Phi) is 5.83. The summed E-state index contributed by atoms with van der Waals surface area (Å²) in [6.45, 7) is 3.87. The van der Waals surface area contributed by atoms with E-state index in [2.05, 4.69) is 15.6 Å². The summed E-state index contributed by atoms with van der Waals surface area (Å²) in [5, 5.41) is 6.42. The topological polar surface area (TPSA) is 80.3 Å². The number of hydrogen-bond donors (Lipinski definition) is 2. The molecule has 2 aromatic carbocycles. The summed E-state index contributed by atoms with van der Waals surface area (Å²) in [4.78, 5) is 28.9. The Labute approximate surface area is 161 Å². The van der Waals surface area contributed by atoms with Crippen LogP contribution in [0.25, 0.3) is 11.3 Å². The zero-order chi connectivity index (χ0) is 19.2. The minimum Gasteiger partial charge on any atom is -0.450 e. The molecule has 0 spiro atoms. The standard InChI is InChI=1S/C20H19N3O3S/c1-3-26-20(25)23-19-21-16(14-10-5-4-6-11-14)18(27-19)22-17(24)15-12-8-7-9-13(15)2/h4-12H,3H2,1-2H3,(H,22,24)(H,21,23,25). The Morgan fingerprint density at radius 3 is 2.44 bits per heavy atom. The van der Waals surface area contributed by atoms with Gasteiger partial charge >= 0.3 is 6.09 Å². The second kappa shape index (κ2) is 8.46. The smallest absolute Gasteiger partial charge is 0.413 e. The third kappa shape index (κ3) is 4.51. The molecule has 138 valence electrons. The molecule has 0 unspecified atom stereocenters. The Morgan fingerprint density at radius 2 is 1.74 bits per heavy atom. The number of aromatic nitrogens is 1. The molecule has 0 bridgehead atoms. The van der Waals surface area contributed by atoms with Gasteiger partial charge in [-0.05, 0) is 25.5 Å². The van der Waals surface area contributed by atoms with Crippen LogP contribution in [0.5, 0.6) is 0 Å². The molecule has 7 heteroatoms. The number of aryl methyl sites for hydroxylation is 1. The van der Waals surface area contributed by atoms with Crippen molar-refractivity contribution >= 4 is 33.5 Å². The van der Waals surface area contributed by atoms with Crippen molar-refractivity contribution < 1.29 is 14.3 Å². The molecule has 0 radical (unpaired) electrons. The lowest BCUT2D eigenvalue weighted by Crippen LogP contribution is -2.13. The number of carbonyl (C=O) groups is 2. The lowest BCUT2D eigenvalue weighted by molar-refractivity contribution is 0.102. The van der Waals surface area contributed by atoms with Crippen molar-refractivity contribution in [2.75, 3.05) is 17.2 Å². The molecule has 0 aliphatic carbocycles. The van der Waals surface area contributed by atoms with E-state index >= 15 is 0 Å². The van der Waals surface area contributed by atoms with Crippen LogP contribution in [-0.2, 0) is 4.74 Å². The molecule has 2 N–H and O–H groups in total. The normalized spacial score (nSPS) is 10.3. The number of amides is 2. The summed E-state index contributed by atoms with van der Waals surface area (Å²) in [7, 11) is 0. The molecule has 2 amide bonds. The van der Waals surface area contributed by atoms with Gasteiger partial charge in [0.1, 0.15) is 10.7 Å². The number of thiazole rings is 1. The first-order valence-electron chi connectivity index (χ1n) is 8.45. The molecule has 0 fully saturated rings. The van der Waals surface area contributed by atoms with Gasteiger partial charge in [-0.2, -0.15) is 0 Å². The average Bonchev–Trinajstić information content (AvgIpc) is 3.05. The van der Waals surface area contributed by atoms with Gasteiger partial charge in [-0.3, -0.25) is 10.1 Å². The number of benzene rings is 2. The van der Waals surface area contributed by atoms with Crippen molar-refractivity contribution in [2.45, 2.75) is 13.8 Å². The number of ether oxygens (including phenoxy) is 1. The SMILES string of the molecule is CCOC(=O)Nc1nc(-c2ccccc2)c(NC(=O)c2ccccc2C)s1. The molecule has 1 aromatic heterocycles. The molecular formula is C20H19N3O3S. The van der Waals surface area contributed by atoms with E-state index in [1.807, 2.05) is 55.5 Å². The average molecular weight is 381 g/mol. The largest absolute Gasteiger partial charge is 0.450 e. The Balaban J connectivity index is 1.92. The highest BCUT2D eigenvalue weighted by Gasteiger charge is 2.18.